The highest BCUT2D eigenvalue weighted by atomic mass is 35.5. The van der Waals surface area contributed by atoms with Crippen LogP contribution >= 0.6 is 11.6 Å². The number of piperidine rings is 1. The number of aromatic nitrogens is 2. The standard InChI is InChI=1S/C28H35ClN4O2/c1-2-25-27(33-16-13-22(29)17-26(33)31-25)28(34)30-18-20-7-9-23(10-8-20)32-14-11-21(12-15-32)19-35-24-5-3-4-6-24/h7-10,13,16-17,21,24H,2-6,11-12,14-15,18-19H2,1H3,(H,30,34). The number of carbonyl (C=O) groups excluding carboxylic acids is 1. The summed E-state index contributed by atoms with van der Waals surface area (Å²) < 4.78 is 7.96. The summed E-state index contributed by atoms with van der Waals surface area (Å²) >= 11 is 6.10. The van der Waals surface area contributed by atoms with Crippen molar-refractivity contribution < 1.29 is 9.53 Å². The number of pyridine rings is 1. The minimum atomic E-state index is -0.123. The molecule has 7 heteroatoms. The van der Waals surface area contributed by atoms with Gasteiger partial charge in [0.25, 0.3) is 5.91 Å². The van der Waals surface area contributed by atoms with Crippen molar-refractivity contribution in [2.45, 2.75) is 64.5 Å². The number of fused-ring (bicyclic) bond motifs is 1. The topological polar surface area (TPSA) is 58.9 Å². The van der Waals surface area contributed by atoms with Crippen molar-refractivity contribution in [3.05, 3.63) is 64.6 Å². The average Bonchev–Trinajstić information content (AvgIpc) is 3.54. The second-order valence-corrected chi connectivity index (χ2v) is 10.3. The molecule has 1 aromatic carbocycles. The molecule has 186 valence electrons. The molecule has 3 heterocycles. The van der Waals surface area contributed by atoms with Crippen LogP contribution in [0.5, 0.6) is 0 Å². The molecule has 1 aliphatic heterocycles. The lowest BCUT2D eigenvalue weighted by molar-refractivity contribution is 0.0281. The molecule has 2 aliphatic rings. The molecule has 35 heavy (non-hydrogen) atoms. The van der Waals surface area contributed by atoms with Gasteiger partial charge in [-0.3, -0.25) is 9.20 Å². The number of anilines is 1. The van der Waals surface area contributed by atoms with Gasteiger partial charge in [-0.25, -0.2) is 4.98 Å². The highest BCUT2D eigenvalue weighted by Gasteiger charge is 2.23. The maximum atomic E-state index is 13.0. The van der Waals surface area contributed by atoms with E-state index in [1.165, 1.54) is 44.2 Å². The van der Waals surface area contributed by atoms with E-state index in [0.717, 1.165) is 31.0 Å². The highest BCUT2D eigenvalue weighted by Crippen LogP contribution is 2.27. The molecule has 0 radical (unpaired) electrons. The molecular formula is C28H35ClN4O2. The first-order valence-electron chi connectivity index (χ1n) is 13.0. The normalized spacial score (nSPS) is 17.4. The minimum Gasteiger partial charge on any atom is -0.378 e. The number of rotatable bonds is 8. The number of halogens is 1. The first-order chi connectivity index (χ1) is 17.1. The number of hydrogen-bond acceptors (Lipinski definition) is 4. The molecule has 0 spiro atoms. The Kier molecular flexibility index (Phi) is 7.59. The van der Waals surface area contributed by atoms with Crippen LogP contribution in [0.3, 0.4) is 0 Å². The lowest BCUT2D eigenvalue weighted by Gasteiger charge is -2.34. The number of hydrogen-bond donors (Lipinski definition) is 1. The summed E-state index contributed by atoms with van der Waals surface area (Å²) in [4.78, 5) is 20.1. The van der Waals surface area contributed by atoms with Crippen molar-refractivity contribution in [2.75, 3.05) is 24.6 Å². The number of ether oxygens (including phenoxy) is 1. The zero-order valence-electron chi connectivity index (χ0n) is 20.5. The smallest absolute Gasteiger partial charge is 0.270 e. The Hall–Kier alpha value is -2.57. The molecule has 1 N–H and O–H groups in total. The molecule has 1 saturated heterocycles. The molecule has 1 saturated carbocycles. The Bertz CT molecular complexity index is 1150. The molecule has 1 amide bonds. The van der Waals surface area contributed by atoms with Crippen LogP contribution in [0.15, 0.2) is 42.6 Å². The lowest BCUT2D eigenvalue weighted by Crippen LogP contribution is -2.35. The molecule has 2 aromatic heterocycles. The summed E-state index contributed by atoms with van der Waals surface area (Å²) in [7, 11) is 0. The van der Waals surface area contributed by atoms with E-state index in [-0.39, 0.29) is 5.91 Å². The SMILES string of the molecule is CCc1nc2cc(Cl)ccn2c1C(=O)NCc1ccc(N2CCC(COC3CCCC3)CC2)cc1. The van der Waals surface area contributed by atoms with Gasteiger partial charge >= 0.3 is 0 Å². The van der Waals surface area contributed by atoms with E-state index in [1.54, 1.807) is 18.3 Å². The van der Waals surface area contributed by atoms with Gasteiger partial charge in [0.2, 0.25) is 0 Å². The van der Waals surface area contributed by atoms with Crippen molar-refractivity contribution in [3.63, 3.8) is 0 Å². The predicted molar refractivity (Wildman–Crippen MR) is 140 cm³/mol. The van der Waals surface area contributed by atoms with Gasteiger partial charge in [-0.2, -0.15) is 0 Å². The van der Waals surface area contributed by atoms with Gasteiger partial charge in [0.1, 0.15) is 11.3 Å². The van der Waals surface area contributed by atoms with Crippen molar-refractivity contribution in [2.24, 2.45) is 5.92 Å². The molecular weight excluding hydrogens is 460 g/mol. The number of nitrogens with zero attached hydrogens (tertiary/aromatic N) is 3. The van der Waals surface area contributed by atoms with Gasteiger partial charge in [-0.15, -0.1) is 0 Å². The number of aryl methyl sites for hydroxylation is 1. The van der Waals surface area contributed by atoms with Crippen LogP contribution in [0.2, 0.25) is 5.02 Å². The second kappa shape index (κ2) is 11.0. The fourth-order valence-electron chi connectivity index (χ4n) is 5.33. The number of amides is 1. The molecule has 1 aliphatic carbocycles. The number of benzene rings is 1. The van der Waals surface area contributed by atoms with Crippen molar-refractivity contribution in [3.8, 4) is 0 Å². The first kappa shape index (κ1) is 24.1. The number of imidazole rings is 1. The third-order valence-electron chi connectivity index (χ3n) is 7.45. The first-order valence-corrected chi connectivity index (χ1v) is 13.4. The van der Waals surface area contributed by atoms with E-state index in [4.69, 9.17) is 16.3 Å². The van der Waals surface area contributed by atoms with E-state index in [1.807, 2.05) is 11.3 Å². The van der Waals surface area contributed by atoms with Crippen LogP contribution in [-0.4, -0.2) is 41.1 Å². The van der Waals surface area contributed by atoms with Gasteiger partial charge in [-0.1, -0.05) is 43.5 Å². The number of nitrogens with one attached hydrogen (secondary N) is 1. The fraction of sp³-hybridized carbons (Fsp3) is 0.500. The quantitative estimate of drug-likeness (QED) is 0.439. The molecule has 0 unspecified atom stereocenters. The summed E-state index contributed by atoms with van der Waals surface area (Å²) in [5.41, 5.74) is 4.38. The predicted octanol–water partition coefficient (Wildman–Crippen LogP) is 5.66. The molecule has 2 fully saturated rings. The Labute approximate surface area is 212 Å². The summed E-state index contributed by atoms with van der Waals surface area (Å²) in [6, 6.07) is 12.1. The summed E-state index contributed by atoms with van der Waals surface area (Å²) in [6.45, 7) is 5.56. The molecule has 3 aromatic rings. The molecule has 6 nitrogen and oxygen atoms in total. The molecule has 0 atom stereocenters. The Morgan fingerprint density at radius 1 is 1.11 bits per heavy atom. The van der Waals surface area contributed by atoms with Crippen molar-refractivity contribution in [1.29, 1.82) is 0 Å². The van der Waals surface area contributed by atoms with E-state index in [2.05, 4.69) is 39.5 Å². The Balaban J connectivity index is 1.13. The largest absolute Gasteiger partial charge is 0.378 e. The van der Waals surface area contributed by atoms with Crippen molar-refractivity contribution >= 4 is 28.8 Å². The zero-order chi connectivity index (χ0) is 24.2. The van der Waals surface area contributed by atoms with Crippen molar-refractivity contribution in [1.82, 2.24) is 14.7 Å². The third-order valence-corrected chi connectivity index (χ3v) is 7.68. The summed E-state index contributed by atoms with van der Waals surface area (Å²) in [6.07, 6.45) is 10.5. The van der Waals surface area contributed by atoms with Crippen LogP contribution in [0.25, 0.3) is 5.65 Å². The van der Waals surface area contributed by atoms with E-state index < -0.39 is 0 Å². The molecule has 5 rings (SSSR count). The van der Waals surface area contributed by atoms with Crippen LogP contribution in [-0.2, 0) is 17.7 Å². The maximum Gasteiger partial charge on any atom is 0.270 e. The zero-order valence-corrected chi connectivity index (χ0v) is 21.3. The average molecular weight is 495 g/mol. The van der Waals surface area contributed by atoms with Gasteiger partial charge in [-0.05, 0) is 61.8 Å². The van der Waals surface area contributed by atoms with Crippen LogP contribution in [0.1, 0.15) is 67.2 Å². The van der Waals surface area contributed by atoms with Crippen LogP contribution < -0.4 is 10.2 Å². The number of carbonyl (C=O) groups is 1. The Morgan fingerprint density at radius 2 is 1.86 bits per heavy atom. The molecule has 0 bridgehead atoms. The lowest BCUT2D eigenvalue weighted by atomic mass is 9.97. The maximum absolute atomic E-state index is 13.0. The summed E-state index contributed by atoms with van der Waals surface area (Å²) in [5, 5.41) is 3.67. The van der Waals surface area contributed by atoms with E-state index in [9.17, 15) is 4.79 Å². The minimum absolute atomic E-state index is 0.123. The monoisotopic (exact) mass is 494 g/mol. The fourth-order valence-corrected chi connectivity index (χ4v) is 5.49. The van der Waals surface area contributed by atoms with E-state index in [0.29, 0.717) is 41.4 Å². The van der Waals surface area contributed by atoms with Crippen LogP contribution in [0.4, 0.5) is 5.69 Å². The van der Waals surface area contributed by atoms with E-state index >= 15 is 0 Å². The second-order valence-electron chi connectivity index (χ2n) is 9.85. The van der Waals surface area contributed by atoms with Crippen LogP contribution in [0, 0.1) is 5.92 Å². The van der Waals surface area contributed by atoms with Gasteiger partial charge in [0.15, 0.2) is 0 Å². The summed E-state index contributed by atoms with van der Waals surface area (Å²) in [5.74, 6) is 0.563. The van der Waals surface area contributed by atoms with Gasteiger partial charge in [0, 0.05) is 49.2 Å². The highest BCUT2D eigenvalue weighted by molar-refractivity contribution is 6.30. The van der Waals surface area contributed by atoms with Gasteiger partial charge in [0.05, 0.1) is 11.8 Å². The Morgan fingerprint density at radius 3 is 2.57 bits per heavy atom. The third kappa shape index (κ3) is 5.65. The van der Waals surface area contributed by atoms with Gasteiger partial charge < -0.3 is 15.0 Å².